The molecule has 176 valence electrons. The van der Waals surface area contributed by atoms with Crippen molar-refractivity contribution < 1.29 is 13.6 Å². The lowest BCUT2D eigenvalue weighted by atomic mass is 10.1. The Morgan fingerprint density at radius 3 is 1.79 bits per heavy atom. The highest BCUT2D eigenvalue weighted by Crippen LogP contribution is 2.18. The van der Waals surface area contributed by atoms with E-state index in [9.17, 15) is 0 Å². The summed E-state index contributed by atoms with van der Waals surface area (Å²) in [7, 11) is -2.12. The van der Waals surface area contributed by atoms with Crippen LogP contribution in [0.25, 0.3) is 0 Å². The van der Waals surface area contributed by atoms with Crippen molar-refractivity contribution in [2.24, 2.45) is 0 Å². The Morgan fingerprint density at radius 1 is 0.655 bits per heavy atom. The zero-order chi connectivity index (χ0) is 21.6. The molecular formula is C24H51BrO3Si. The Morgan fingerprint density at radius 2 is 1.17 bits per heavy atom. The average Bonchev–Trinajstić information content (AvgIpc) is 2.69. The molecule has 5 heteroatoms. The lowest BCUT2D eigenvalue weighted by molar-refractivity contribution is -0.104. The van der Waals surface area contributed by atoms with E-state index >= 15 is 0 Å². The molecule has 0 aromatic carbocycles. The maximum absolute atomic E-state index is 6.37. The molecule has 1 atom stereocenters. The quantitative estimate of drug-likeness (QED) is 0.0614. The summed E-state index contributed by atoms with van der Waals surface area (Å²) < 4.78 is 18.7. The molecule has 0 saturated heterocycles. The number of hydrogen-bond acceptors (Lipinski definition) is 3. The SMILES string of the molecule is CCCCCCCCCCOC(CCCCC)O[Si](C)(C)OCCCCCCBr. The Bertz CT molecular complexity index is 329. The topological polar surface area (TPSA) is 27.7 Å². The fourth-order valence-corrected chi connectivity index (χ4v) is 5.33. The minimum absolute atomic E-state index is 0.0823. The highest BCUT2D eigenvalue weighted by atomic mass is 79.9. The minimum atomic E-state index is -2.12. The van der Waals surface area contributed by atoms with Gasteiger partial charge in [0.25, 0.3) is 0 Å². The molecule has 0 bridgehead atoms. The number of alkyl halides is 1. The maximum atomic E-state index is 6.37. The lowest BCUT2D eigenvalue weighted by Crippen LogP contribution is -2.40. The highest BCUT2D eigenvalue weighted by Gasteiger charge is 2.29. The van der Waals surface area contributed by atoms with E-state index in [1.165, 1.54) is 83.5 Å². The smallest absolute Gasteiger partial charge is 0.333 e. The molecule has 1 unspecified atom stereocenters. The predicted octanol–water partition coefficient (Wildman–Crippen LogP) is 8.74. The molecule has 0 aromatic heterocycles. The van der Waals surface area contributed by atoms with Crippen LogP contribution in [0, 0.1) is 0 Å². The zero-order valence-electron chi connectivity index (χ0n) is 20.1. The fraction of sp³-hybridized carbons (Fsp3) is 1.00. The standard InChI is InChI=1S/C24H51BrO3Si/c1-5-7-9-10-11-12-14-18-22-26-24(20-16-8-6-2)28-29(3,4)27-23-19-15-13-17-21-25/h24H,5-23H2,1-4H3. The molecule has 0 rings (SSSR count). The van der Waals surface area contributed by atoms with E-state index in [1.54, 1.807) is 0 Å². The molecule has 0 fully saturated rings. The summed E-state index contributed by atoms with van der Waals surface area (Å²) in [5.74, 6) is 0. The Hall–Kier alpha value is 0.577. The van der Waals surface area contributed by atoms with E-state index in [0.717, 1.165) is 37.8 Å². The summed E-state index contributed by atoms with van der Waals surface area (Å²) in [5.41, 5.74) is 0. The average molecular weight is 496 g/mol. The van der Waals surface area contributed by atoms with Crippen LogP contribution in [0.5, 0.6) is 0 Å². The molecule has 0 heterocycles. The third-order valence-corrected chi connectivity index (χ3v) is 7.53. The Balaban J connectivity index is 4.02. The van der Waals surface area contributed by atoms with E-state index < -0.39 is 8.56 Å². The van der Waals surface area contributed by atoms with Gasteiger partial charge in [-0.2, -0.15) is 0 Å². The molecule has 0 amide bonds. The first-order valence-electron chi connectivity index (χ1n) is 12.5. The Kier molecular flexibility index (Phi) is 22.2. The summed E-state index contributed by atoms with van der Waals surface area (Å²) in [6.07, 6.45) is 20.1. The van der Waals surface area contributed by atoms with Crippen LogP contribution < -0.4 is 0 Å². The molecule has 0 aliphatic rings. The van der Waals surface area contributed by atoms with Crippen LogP contribution in [0.2, 0.25) is 13.1 Å². The van der Waals surface area contributed by atoms with E-state index in [0.29, 0.717) is 0 Å². The zero-order valence-corrected chi connectivity index (χ0v) is 22.7. The highest BCUT2D eigenvalue weighted by molar-refractivity contribution is 9.09. The monoisotopic (exact) mass is 494 g/mol. The van der Waals surface area contributed by atoms with Crippen LogP contribution >= 0.6 is 15.9 Å². The van der Waals surface area contributed by atoms with Gasteiger partial charge in [-0.05, 0) is 45.2 Å². The van der Waals surface area contributed by atoms with Gasteiger partial charge >= 0.3 is 8.56 Å². The molecule has 29 heavy (non-hydrogen) atoms. The van der Waals surface area contributed by atoms with Gasteiger partial charge in [-0.25, -0.2) is 0 Å². The number of halogens is 1. The van der Waals surface area contributed by atoms with Gasteiger partial charge in [-0.15, -0.1) is 0 Å². The van der Waals surface area contributed by atoms with Gasteiger partial charge in [-0.3, -0.25) is 0 Å². The van der Waals surface area contributed by atoms with Crippen LogP contribution in [0.3, 0.4) is 0 Å². The van der Waals surface area contributed by atoms with E-state index in [-0.39, 0.29) is 6.29 Å². The first kappa shape index (κ1) is 29.6. The number of unbranched alkanes of at least 4 members (excludes halogenated alkanes) is 12. The van der Waals surface area contributed by atoms with Crippen molar-refractivity contribution in [3.63, 3.8) is 0 Å². The van der Waals surface area contributed by atoms with Gasteiger partial charge in [0.2, 0.25) is 0 Å². The van der Waals surface area contributed by atoms with Gasteiger partial charge < -0.3 is 13.6 Å². The number of rotatable bonds is 23. The number of hydrogen-bond donors (Lipinski definition) is 0. The van der Waals surface area contributed by atoms with Crippen molar-refractivity contribution in [3.05, 3.63) is 0 Å². The largest absolute Gasteiger partial charge is 0.394 e. The van der Waals surface area contributed by atoms with Gasteiger partial charge in [0.15, 0.2) is 0 Å². The minimum Gasteiger partial charge on any atom is -0.394 e. The van der Waals surface area contributed by atoms with Crippen LogP contribution in [-0.4, -0.2) is 33.4 Å². The molecular weight excluding hydrogens is 444 g/mol. The second kappa shape index (κ2) is 21.8. The first-order chi connectivity index (χ1) is 14.1. The summed E-state index contributed by atoms with van der Waals surface area (Å²) in [6, 6.07) is 0. The summed E-state index contributed by atoms with van der Waals surface area (Å²) >= 11 is 3.49. The van der Waals surface area contributed by atoms with Crippen molar-refractivity contribution in [1.82, 2.24) is 0 Å². The van der Waals surface area contributed by atoms with Crippen LogP contribution in [0.15, 0.2) is 0 Å². The molecule has 0 N–H and O–H groups in total. The van der Waals surface area contributed by atoms with Crippen LogP contribution in [0.1, 0.15) is 117 Å². The second-order valence-electron chi connectivity index (χ2n) is 8.74. The van der Waals surface area contributed by atoms with Gasteiger partial charge in [0, 0.05) is 18.5 Å². The molecule has 3 nitrogen and oxygen atoms in total. The third kappa shape index (κ3) is 21.6. The predicted molar refractivity (Wildman–Crippen MR) is 133 cm³/mol. The lowest BCUT2D eigenvalue weighted by Gasteiger charge is -2.29. The number of ether oxygens (including phenoxy) is 1. The van der Waals surface area contributed by atoms with Gasteiger partial charge in [-0.1, -0.05) is 100 Å². The first-order valence-corrected chi connectivity index (χ1v) is 16.5. The van der Waals surface area contributed by atoms with E-state index in [2.05, 4.69) is 42.9 Å². The molecule has 0 aromatic rings. The molecule has 0 saturated carbocycles. The van der Waals surface area contributed by atoms with Crippen molar-refractivity contribution in [3.8, 4) is 0 Å². The van der Waals surface area contributed by atoms with Gasteiger partial charge in [0.1, 0.15) is 6.29 Å². The summed E-state index contributed by atoms with van der Waals surface area (Å²) in [4.78, 5) is 0. The molecule has 0 spiro atoms. The molecule has 0 aliphatic carbocycles. The Labute approximate surface area is 192 Å². The summed E-state index contributed by atoms with van der Waals surface area (Å²) in [5, 5.41) is 1.10. The van der Waals surface area contributed by atoms with Crippen molar-refractivity contribution in [1.29, 1.82) is 0 Å². The third-order valence-electron chi connectivity index (χ3n) is 5.24. The van der Waals surface area contributed by atoms with Crippen molar-refractivity contribution >= 4 is 24.5 Å². The fourth-order valence-electron chi connectivity index (χ4n) is 3.41. The van der Waals surface area contributed by atoms with E-state index in [1.807, 2.05) is 0 Å². The van der Waals surface area contributed by atoms with Crippen LogP contribution in [-0.2, 0) is 13.6 Å². The van der Waals surface area contributed by atoms with Crippen LogP contribution in [0.4, 0.5) is 0 Å². The van der Waals surface area contributed by atoms with Crippen molar-refractivity contribution in [2.45, 2.75) is 136 Å². The maximum Gasteiger partial charge on any atom is 0.333 e. The summed E-state index contributed by atoms with van der Waals surface area (Å²) in [6.45, 7) is 10.5. The van der Waals surface area contributed by atoms with Gasteiger partial charge in [0.05, 0.1) is 0 Å². The normalized spacial score (nSPS) is 13.1. The molecule has 0 radical (unpaired) electrons. The van der Waals surface area contributed by atoms with Crippen molar-refractivity contribution in [2.75, 3.05) is 18.5 Å². The second-order valence-corrected chi connectivity index (χ2v) is 12.9. The molecule has 0 aliphatic heterocycles. The van der Waals surface area contributed by atoms with E-state index in [4.69, 9.17) is 13.6 Å².